The molecule has 0 bridgehead atoms. The van der Waals surface area contributed by atoms with Crippen LogP contribution in [0.5, 0.6) is 0 Å². The topological polar surface area (TPSA) is 67.4 Å². The lowest BCUT2D eigenvalue weighted by molar-refractivity contribution is -0.116. The van der Waals surface area contributed by atoms with Crippen molar-refractivity contribution in [2.45, 2.75) is 39.2 Å². The smallest absolute Gasteiger partial charge is 0.408 e. The summed E-state index contributed by atoms with van der Waals surface area (Å²) < 4.78 is 5.12. The van der Waals surface area contributed by atoms with Crippen LogP contribution in [0.25, 0.3) is 0 Å². The maximum absolute atomic E-state index is 11.5. The monoisotopic (exact) mass is 300 g/mol. The molecule has 2 rings (SSSR count). The summed E-state index contributed by atoms with van der Waals surface area (Å²) >= 11 is 0. The van der Waals surface area contributed by atoms with Crippen LogP contribution in [0.4, 0.5) is 10.5 Å². The molecule has 2 amide bonds. The van der Waals surface area contributed by atoms with Crippen LogP contribution in [-0.2, 0) is 16.0 Å². The van der Waals surface area contributed by atoms with Crippen molar-refractivity contribution in [3.05, 3.63) is 29.3 Å². The van der Waals surface area contributed by atoms with Crippen molar-refractivity contribution in [1.82, 2.24) is 5.32 Å². The third-order valence-corrected chi connectivity index (χ3v) is 2.95. The molecular weight excluding hydrogens is 280 g/mol. The van der Waals surface area contributed by atoms with Crippen LogP contribution in [0.1, 0.15) is 38.3 Å². The zero-order valence-corrected chi connectivity index (χ0v) is 13.1. The Bertz CT molecular complexity index is 648. The van der Waals surface area contributed by atoms with Crippen LogP contribution < -0.4 is 10.6 Å². The fourth-order valence-corrected chi connectivity index (χ4v) is 2.04. The first-order valence-corrected chi connectivity index (χ1v) is 7.22. The third kappa shape index (κ3) is 4.81. The van der Waals surface area contributed by atoms with Gasteiger partial charge >= 0.3 is 6.09 Å². The maximum Gasteiger partial charge on any atom is 0.408 e. The van der Waals surface area contributed by atoms with Gasteiger partial charge in [-0.25, -0.2) is 4.79 Å². The molecule has 2 N–H and O–H groups in total. The first-order valence-electron chi connectivity index (χ1n) is 7.22. The van der Waals surface area contributed by atoms with Gasteiger partial charge in [0.2, 0.25) is 5.91 Å². The number of alkyl carbamates (subject to hydrolysis) is 1. The molecule has 5 heteroatoms. The van der Waals surface area contributed by atoms with Gasteiger partial charge in [0.15, 0.2) is 0 Å². The summed E-state index contributed by atoms with van der Waals surface area (Å²) in [4.78, 5) is 22.7. The number of rotatable bonds is 1. The second-order valence-corrected chi connectivity index (χ2v) is 6.08. The predicted octanol–water partition coefficient (Wildman–Crippen LogP) is 2.45. The minimum absolute atomic E-state index is 0.0490. The first-order chi connectivity index (χ1) is 10.3. The van der Waals surface area contributed by atoms with E-state index in [-0.39, 0.29) is 12.5 Å². The van der Waals surface area contributed by atoms with Gasteiger partial charge in [-0.1, -0.05) is 11.8 Å². The SMILES string of the molecule is CC(C)(C)OC(=O)NCC#Cc1ccc2c(c1)CCC(=O)N2. The number of benzene rings is 1. The van der Waals surface area contributed by atoms with Gasteiger partial charge in [-0.2, -0.15) is 0 Å². The van der Waals surface area contributed by atoms with E-state index < -0.39 is 11.7 Å². The average Bonchev–Trinajstić information content (AvgIpc) is 2.41. The number of aryl methyl sites for hydroxylation is 1. The lowest BCUT2D eigenvalue weighted by atomic mass is 10.0. The molecule has 0 fully saturated rings. The molecule has 1 aromatic carbocycles. The minimum Gasteiger partial charge on any atom is -0.444 e. The largest absolute Gasteiger partial charge is 0.444 e. The second-order valence-electron chi connectivity index (χ2n) is 6.08. The van der Waals surface area contributed by atoms with Crippen LogP contribution in [0.3, 0.4) is 0 Å². The van der Waals surface area contributed by atoms with Crippen LogP contribution in [0.15, 0.2) is 18.2 Å². The van der Waals surface area contributed by atoms with Gasteiger partial charge in [0.05, 0.1) is 6.54 Å². The Morgan fingerprint density at radius 2 is 2.14 bits per heavy atom. The molecule has 0 saturated carbocycles. The molecule has 5 nitrogen and oxygen atoms in total. The minimum atomic E-state index is -0.513. The van der Waals surface area contributed by atoms with Crippen molar-refractivity contribution in [2.24, 2.45) is 0 Å². The van der Waals surface area contributed by atoms with Crippen LogP contribution >= 0.6 is 0 Å². The van der Waals surface area contributed by atoms with E-state index in [1.165, 1.54) is 0 Å². The highest BCUT2D eigenvalue weighted by Gasteiger charge is 2.15. The van der Waals surface area contributed by atoms with E-state index in [9.17, 15) is 9.59 Å². The van der Waals surface area contributed by atoms with E-state index in [0.717, 1.165) is 23.2 Å². The number of hydrogen-bond donors (Lipinski definition) is 2. The van der Waals surface area contributed by atoms with E-state index in [2.05, 4.69) is 22.5 Å². The Balaban J connectivity index is 1.90. The van der Waals surface area contributed by atoms with Gasteiger partial charge in [0.1, 0.15) is 5.60 Å². The Hall–Kier alpha value is -2.48. The van der Waals surface area contributed by atoms with Crippen molar-refractivity contribution in [1.29, 1.82) is 0 Å². The van der Waals surface area contributed by atoms with Gasteiger partial charge in [0.25, 0.3) is 0 Å². The summed E-state index contributed by atoms with van der Waals surface area (Å²) in [6, 6.07) is 5.68. The molecule has 1 aliphatic rings. The zero-order chi connectivity index (χ0) is 16.2. The summed E-state index contributed by atoms with van der Waals surface area (Å²) in [5.74, 6) is 5.92. The molecule has 0 atom stereocenters. The number of carbonyl (C=O) groups excluding carboxylic acids is 2. The second kappa shape index (κ2) is 6.52. The zero-order valence-electron chi connectivity index (χ0n) is 13.1. The molecule has 116 valence electrons. The molecule has 1 heterocycles. The van der Waals surface area contributed by atoms with Gasteiger partial charge in [-0.05, 0) is 51.0 Å². The number of ether oxygens (including phenoxy) is 1. The summed E-state index contributed by atoms with van der Waals surface area (Å²) in [6.07, 6.45) is 0.756. The Morgan fingerprint density at radius 1 is 1.36 bits per heavy atom. The standard InChI is InChI=1S/C17H20N2O3/c1-17(2,3)22-16(21)18-10-4-5-12-6-8-14-13(11-12)7-9-15(20)19-14/h6,8,11H,7,9-10H2,1-3H3,(H,18,21)(H,19,20). The van der Waals surface area contributed by atoms with Gasteiger partial charge in [-0.3, -0.25) is 4.79 Å². The van der Waals surface area contributed by atoms with E-state index >= 15 is 0 Å². The van der Waals surface area contributed by atoms with E-state index in [1.807, 2.05) is 39.0 Å². The van der Waals surface area contributed by atoms with E-state index in [4.69, 9.17) is 4.74 Å². The highest BCUT2D eigenvalue weighted by atomic mass is 16.6. The van der Waals surface area contributed by atoms with Crippen molar-refractivity contribution >= 4 is 17.7 Å². The summed E-state index contributed by atoms with van der Waals surface area (Å²) in [7, 11) is 0. The molecule has 0 saturated heterocycles. The van der Waals surface area contributed by atoms with Crippen molar-refractivity contribution < 1.29 is 14.3 Å². The fourth-order valence-electron chi connectivity index (χ4n) is 2.04. The number of hydrogen-bond acceptors (Lipinski definition) is 3. The highest BCUT2D eigenvalue weighted by Crippen LogP contribution is 2.23. The molecular formula is C17H20N2O3. The lowest BCUT2D eigenvalue weighted by Gasteiger charge is -2.19. The van der Waals surface area contributed by atoms with E-state index in [1.54, 1.807) is 0 Å². The summed E-state index contributed by atoms with van der Waals surface area (Å²) in [5, 5.41) is 5.42. The van der Waals surface area contributed by atoms with Gasteiger partial charge < -0.3 is 15.4 Å². The first kappa shape index (κ1) is 15.9. The Labute approximate surface area is 130 Å². The number of carbonyl (C=O) groups is 2. The molecule has 1 aliphatic heterocycles. The van der Waals surface area contributed by atoms with Crippen LogP contribution in [-0.4, -0.2) is 24.1 Å². The number of fused-ring (bicyclic) bond motifs is 1. The Kier molecular flexibility index (Phi) is 4.71. The number of nitrogens with one attached hydrogen (secondary N) is 2. The van der Waals surface area contributed by atoms with Crippen molar-refractivity contribution in [2.75, 3.05) is 11.9 Å². The molecule has 0 radical (unpaired) electrons. The number of anilines is 1. The number of amides is 2. The fraction of sp³-hybridized carbons (Fsp3) is 0.412. The molecule has 0 unspecified atom stereocenters. The highest BCUT2D eigenvalue weighted by molar-refractivity contribution is 5.94. The van der Waals surface area contributed by atoms with Gasteiger partial charge in [0, 0.05) is 17.7 Å². The lowest BCUT2D eigenvalue weighted by Crippen LogP contribution is -2.32. The van der Waals surface area contributed by atoms with Crippen molar-refractivity contribution in [3.8, 4) is 11.8 Å². The summed E-state index contributed by atoms with van der Waals surface area (Å²) in [6.45, 7) is 5.65. The van der Waals surface area contributed by atoms with Gasteiger partial charge in [-0.15, -0.1) is 0 Å². The maximum atomic E-state index is 11.5. The molecule has 0 spiro atoms. The van der Waals surface area contributed by atoms with E-state index in [0.29, 0.717) is 6.42 Å². The molecule has 0 aliphatic carbocycles. The van der Waals surface area contributed by atoms with Crippen LogP contribution in [0.2, 0.25) is 0 Å². The molecule has 0 aromatic heterocycles. The van der Waals surface area contributed by atoms with Crippen LogP contribution in [0, 0.1) is 11.8 Å². The average molecular weight is 300 g/mol. The molecule has 22 heavy (non-hydrogen) atoms. The predicted molar refractivity (Wildman–Crippen MR) is 84.5 cm³/mol. The van der Waals surface area contributed by atoms with Crippen molar-refractivity contribution in [3.63, 3.8) is 0 Å². The summed E-state index contributed by atoms with van der Waals surface area (Å²) in [5.41, 5.74) is 2.29. The normalized spacial score (nSPS) is 13.3. The molecule has 1 aromatic rings. The quantitative estimate of drug-likeness (QED) is 0.783. The Morgan fingerprint density at radius 3 is 2.86 bits per heavy atom. The third-order valence-electron chi connectivity index (χ3n) is 2.95.